The molecular weight excluding hydrogens is 226 g/mol. The van der Waals surface area contributed by atoms with Gasteiger partial charge in [0.15, 0.2) is 23.7 Å². The van der Waals surface area contributed by atoms with Gasteiger partial charge in [-0.05, 0) is 13.0 Å². The van der Waals surface area contributed by atoms with E-state index in [1.54, 1.807) is 13.0 Å². The number of ether oxygens (including phenoxy) is 1. The first-order chi connectivity index (χ1) is 8.04. The van der Waals surface area contributed by atoms with E-state index in [-0.39, 0.29) is 17.1 Å². The summed E-state index contributed by atoms with van der Waals surface area (Å²) in [6, 6.07) is 1.57. The van der Waals surface area contributed by atoms with Gasteiger partial charge in [0.1, 0.15) is 6.61 Å². The highest BCUT2D eigenvalue weighted by Crippen LogP contribution is 2.34. The first kappa shape index (κ1) is 11.7. The molecule has 0 aromatic carbocycles. The fraction of sp³-hybridized carbons (Fsp3) is 0.364. The van der Waals surface area contributed by atoms with Crippen LogP contribution in [0, 0.1) is 6.92 Å². The van der Waals surface area contributed by atoms with Crippen LogP contribution in [0.1, 0.15) is 17.2 Å². The number of hydrogen-bond donors (Lipinski definition) is 4. The zero-order valence-corrected chi connectivity index (χ0v) is 9.17. The van der Waals surface area contributed by atoms with E-state index < -0.39 is 18.8 Å². The summed E-state index contributed by atoms with van der Waals surface area (Å²) in [7, 11) is 0. The summed E-state index contributed by atoms with van der Waals surface area (Å²) in [6.07, 6.45) is -0.633. The van der Waals surface area contributed by atoms with Gasteiger partial charge in [0, 0.05) is 17.3 Å². The third kappa shape index (κ3) is 1.92. The van der Waals surface area contributed by atoms with Gasteiger partial charge in [-0.25, -0.2) is 0 Å². The van der Waals surface area contributed by atoms with Crippen LogP contribution in [-0.4, -0.2) is 33.0 Å². The van der Waals surface area contributed by atoms with Gasteiger partial charge in [0.25, 0.3) is 5.56 Å². The largest absolute Gasteiger partial charge is 0.506 e. The fourth-order valence-electron chi connectivity index (χ4n) is 1.74. The van der Waals surface area contributed by atoms with Crippen LogP contribution >= 0.6 is 0 Å². The average molecular weight is 239 g/mol. The lowest BCUT2D eigenvalue weighted by molar-refractivity contribution is 0.0321. The molecule has 4 N–H and O–H groups in total. The Bertz CT molecular complexity index is 519. The molecule has 17 heavy (non-hydrogen) atoms. The molecular formula is C11H13NO5. The number of nitrogens with one attached hydrogen (secondary N) is 1. The first-order valence-corrected chi connectivity index (χ1v) is 5.11. The molecule has 6 nitrogen and oxygen atoms in total. The van der Waals surface area contributed by atoms with Crippen molar-refractivity contribution >= 4 is 0 Å². The molecule has 0 radical (unpaired) electrons. The van der Waals surface area contributed by atoms with Gasteiger partial charge >= 0.3 is 0 Å². The number of aromatic nitrogens is 1. The van der Waals surface area contributed by atoms with E-state index in [4.69, 9.17) is 9.84 Å². The summed E-state index contributed by atoms with van der Waals surface area (Å²) in [5.74, 6) is -0.423. The van der Waals surface area contributed by atoms with Crippen LogP contribution < -0.4 is 5.56 Å². The second-order valence-electron chi connectivity index (χ2n) is 3.89. The Balaban J connectivity index is 2.32. The smallest absolute Gasteiger partial charge is 0.250 e. The minimum absolute atomic E-state index is 0.0497. The number of aliphatic hydroxyl groups excluding tert-OH is 3. The van der Waals surface area contributed by atoms with Crippen molar-refractivity contribution in [3.05, 3.63) is 45.3 Å². The topological polar surface area (TPSA) is 103 Å². The van der Waals surface area contributed by atoms with E-state index in [0.717, 1.165) is 0 Å². The number of hydrogen-bond acceptors (Lipinski definition) is 5. The Kier molecular flexibility index (Phi) is 2.91. The minimum atomic E-state index is -1.23. The molecule has 0 fully saturated rings. The number of H-pyrrole nitrogens is 1. The molecule has 6 heteroatoms. The van der Waals surface area contributed by atoms with Crippen molar-refractivity contribution in [2.75, 3.05) is 6.61 Å². The Labute approximate surface area is 96.8 Å². The van der Waals surface area contributed by atoms with E-state index in [0.29, 0.717) is 11.1 Å². The molecule has 1 aliphatic heterocycles. The Morgan fingerprint density at radius 3 is 2.76 bits per heavy atom. The molecule has 2 atom stereocenters. The highest BCUT2D eigenvalue weighted by molar-refractivity contribution is 5.26. The first-order valence-electron chi connectivity index (χ1n) is 5.11. The summed E-state index contributed by atoms with van der Waals surface area (Å²) < 4.78 is 5.22. The van der Waals surface area contributed by atoms with Crippen LogP contribution in [0.3, 0.4) is 0 Å². The lowest BCUT2D eigenvalue weighted by Gasteiger charge is -2.15. The normalized spacial score (nSPS) is 23.9. The molecule has 92 valence electrons. The summed E-state index contributed by atoms with van der Waals surface area (Å²) in [4.78, 5) is 13.7. The molecule has 0 spiro atoms. The Hall–Kier alpha value is -1.79. The predicted octanol–water partition coefficient (Wildman–Crippen LogP) is -0.123. The molecule has 0 saturated carbocycles. The molecule has 2 heterocycles. The van der Waals surface area contributed by atoms with E-state index in [1.165, 1.54) is 6.20 Å². The summed E-state index contributed by atoms with van der Waals surface area (Å²) in [6.45, 7) is 1.14. The predicted molar refractivity (Wildman–Crippen MR) is 58.4 cm³/mol. The van der Waals surface area contributed by atoms with Crippen LogP contribution in [0.4, 0.5) is 0 Å². The molecule has 2 rings (SSSR count). The van der Waals surface area contributed by atoms with Gasteiger partial charge in [-0.1, -0.05) is 0 Å². The summed E-state index contributed by atoms with van der Waals surface area (Å²) >= 11 is 0. The summed E-state index contributed by atoms with van der Waals surface area (Å²) in [5.41, 5.74) is 0.792. The second kappa shape index (κ2) is 4.23. The number of rotatable bonds is 2. The molecule has 1 aromatic heterocycles. The maximum absolute atomic E-state index is 11.2. The van der Waals surface area contributed by atoms with E-state index in [1.807, 2.05) is 0 Å². The lowest BCUT2D eigenvalue weighted by atomic mass is 10.1. The van der Waals surface area contributed by atoms with Gasteiger partial charge in [0.2, 0.25) is 0 Å². The van der Waals surface area contributed by atoms with Crippen molar-refractivity contribution in [1.82, 2.24) is 4.98 Å². The zero-order valence-electron chi connectivity index (χ0n) is 9.17. The highest BCUT2D eigenvalue weighted by atomic mass is 16.5. The van der Waals surface area contributed by atoms with Crippen LogP contribution in [0.5, 0.6) is 0 Å². The van der Waals surface area contributed by atoms with Crippen molar-refractivity contribution in [2.45, 2.75) is 19.1 Å². The average Bonchev–Trinajstić information content (AvgIpc) is 2.60. The molecule has 0 aliphatic carbocycles. The van der Waals surface area contributed by atoms with Crippen LogP contribution in [0.15, 0.2) is 28.6 Å². The van der Waals surface area contributed by atoms with E-state index >= 15 is 0 Å². The zero-order chi connectivity index (χ0) is 12.6. The minimum Gasteiger partial charge on any atom is -0.506 e. The number of aliphatic hydroxyl groups is 3. The van der Waals surface area contributed by atoms with Gasteiger partial charge in [-0.2, -0.15) is 0 Å². The second-order valence-corrected chi connectivity index (χ2v) is 3.89. The van der Waals surface area contributed by atoms with Crippen molar-refractivity contribution in [3.8, 4) is 0 Å². The third-order valence-corrected chi connectivity index (χ3v) is 2.71. The SMILES string of the molecule is Cc1cc([C@@H]2OC(CO)=C(O)C2O)c[nH]c1=O. The van der Waals surface area contributed by atoms with Crippen molar-refractivity contribution < 1.29 is 20.1 Å². The van der Waals surface area contributed by atoms with E-state index in [9.17, 15) is 15.0 Å². The molecule has 0 saturated heterocycles. The van der Waals surface area contributed by atoms with Gasteiger partial charge in [-0.15, -0.1) is 0 Å². The number of aryl methyl sites for hydroxylation is 1. The lowest BCUT2D eigenvalue weighted by Crippen LogP contribution is -2.19. The van der Waals surface area contributed by atoms with Gasteiger partial charge < -0.3 is 25.0 Å². The standard InChI is InChI=1S/C11H13NO5/c1-5-2-6(3-12-11(5)16)10-9(15)8(14)7(4-13)17-10/h2-3,9-10,13-15H,4H2,1H3,(H,12,16)/t9?,10-/m0/s1. The van der Waals surface area contributed by atoms with Crippen LogP contribution in [0.2, 0.25) is 0 Å². The quantitative estimate of drug-likeness (QED) is 0.576. The Morgan fingerprint density at radius 1 is 1.53 bits per heavy atom. The highest BCUT2D eigenvalue weighted by Gasteiger charge is 2.36. The van der Waals surface area contributed by atoms with Crippen LogP contribution in [-0.2, 0) is 4.74 Å². The number of pyridine rings is 1. The monoisotopic (exact) mass is 239 g/mol. The van der Waals surface area contributed by atoms with Crippen LogP contribution in [0.25, 0.3) is 0 Å². The Morgan fingerprint density at radius 2 is 2.24 bits per heavy atom. The van der Waals surface area contributed by atoms with Gasteiger partial charge in [-0.3, -0.25) is 4.79 Å². The van der Waals surface area contributed by atoms with Crippen molar-refractivity contribution in [2.24, 2.45) is 0 Å². The van der Waals surface area contributed by atoms with Crippen molar-refractivity contribution in [1.29, 1.82) is 0 Å². The third-order valence-electron chi connectivity index (χ3n) is 2.71. The fourth-order valence-corrected chi connectivity index (χ4v) is 1.74. The molecule has 0 bridgehead atoms. The maximum Gasteiger partial charge on any atom is 0.250 e. The molecule has 1 aliphatic rings. The van der Waals surface area contributed by atoms with Gasteiger partial charge in [0.05, 0.1) is 0 Å². The molecule has 1 aromatic rings. The summed E-state index contributed by atoms with van der Waals surface area (Å²) in [5, 5.41) is 28.1. The number of aromatic amines is 1. The van der Waals surface area contributed by atoms with Crippen molar-refractivity contribution in [3.63, 3.8) is 0 Å². The maximum atomic E-state index is 11.2. The van der Waals surface area contributed by atoms with E-state index in [2.05, 4.69) is 4.98 Å². The molecule has 1 unspecified atom stereocenters. The molecule has 0 amide bonds.